The average Bonchev–Trinajstić information content (AvgIpc) is 2.63. The summed E-state index contributed by atoms with van der Waals surface area (Å²) in [6.07, 6.45) is 8.19. The third-order valence-corrected chi connectivity index (χ3v) is 8.17. The van der Waals surface area contributed by atoms with Gasteiger partial charge in [0.2, 0.25) is 0 Å². The van der Waals surface area contributed by atoms with E-state index < -0.39 is 18.9 Å². The first kappa shape index (κ1) is 15.2. The van der Waals surface area contributed by atoms with E-state index in [2.05, 4.69) is 26.1 Å². The van der Waals surface area contributed by atoms with E-state index in [0.717, 1.165) is 11.3 Å². The highest BCUT2D eigenvalue weighted by molar-refractivity contribution is 7.89. The lowest BCUT2D eigenvalue weighted by Gasteiger charge is -2.34. The van der Waals surface area contributed by atoms with E-state index in [1.165, 1.54) is 5.54 Å². The molecule has 0 bridgehead atoms. The summed E-state index contributed by atoms with van der Waals surface area (Å²) < 4.78 is 12.3. The topological polar surface area (TPSA) is 17.1 Å². The molecule has 95 valence electrons. The second kappa shape index (κ2) is 5.39. The van der Waals surface area contributed by atoms with Crippen LogP contribution in [0.3, 0.4) is 0 Å². The Labute approximate surface area is 111 Å². The fourth-order valence-corrected chi connectivity index (χ4v) is 6.40. The maximum absolute atomic E-state index is 12.5. The van der Waals surface area contributed by atoms with Crippen LogP contribution >= 0.6 is 0 Å². The van der Waals surface area contributed by atoms with Crippen LogP contribution in [0.4, 0.5) is 0 Å². The van der Waals surface area contributed by atoms with Crippen molar-refractivity contribution in [3.63, 3.8) is 0 Å². The molecule has 0 unspecified atom stereocenters. The van der Waals surface area contributed by atoms with Gasteiger partial charge in [-0.2, -0.15) is 0 Å². The lowest BCUT2D eigenvalue weighted by atomic mass is 10.3. The van der Waals surface area contributed by atoms with E-state index in [0.29, 0.717) is 0 Å². The summed E-state index contributed by atoms with van der Waals surface area (Å²) in [6, 6.07) is 1.03. The summed E-state index contributed by atoms with van der Waals surface area (Å²) >= 11 is 0. The minimum absolute atomic E-state index is 0.193. The molecule has 1 rings (SSSR count). The molecule has 1 fully saturated rings. The third kappa shape index (κ3) is 3.54. The Bertz CT molecular complexity index is 304. The Morgan fingerprint density at radius 1 is 1.35 bits per heavy atom. The smallest absolute Gasteiger partial charge is 0.0714 e. The SMILES string of the molecule is C=CC[Si](C)(C)[C]1[CH][CH][CH][C]1[S@](=O)C(C)(C)C. The molecule has 0 spiro atoms. The summed E-state index contributed by atoms with van der Waals surface area (Å²) in [6.45, 7) is 14.6. The molecule has 17 heavy (non-hydrogen) atoms. The number of hydrogen-bond donors (Lipinski definition) is 0. The van der Waals surface area contributed by atoms with Gasteiger partial charge in [-0.3, -0.25) is 4.21 Å². The van der Waals surface area contributed by atoms with Gasteiger partial charge in [0.25, 0.3) is 0 Å². The molecule has 0 aromatic rings. The maximum atomic E-state index is 12.5. The Balaban J connectivity index is 2.87. The van der Waals surface area contributed by atoms with Crippen molar-refractivity contribution in [2.45, 2.75) is 44.7 Å². The molecule has 0 saturated heterocycles. The number of hydrogen-bond acceptors (Lipinski definition) is 1. The molecule has 0 aromatic carbocycles. The predicted molar refractivity (Wildman–Crippen MR) is 79.8 cm³/mol. The van der Waals surface area contributed by atoms with Crippen LogP contribution in [-0.4, -0.2) is 17.0 Å². The molecule has 3 heteroatoms. The Morgan fingerprint density at radius 3 is 2.41 bits per heavy atom. The Morgan fingerprint density at radius 2 is 1.94 bits per heavy atom. The van der Waals surface area contributed by atoms with E-state index in [9.17, 15) is 4.21 Å². The molecule has 0 heterocycles. The molecule has 1 saturated carbocycles. The molecule has 0 aliphatic heterocycles. The van der Waals surface area contributed by atoms with Crippen molar-refractivity contribution in [2.75, 3.05) is 0 Å². The molecule has 1 atom stereocenters. The standard InChI is InChI=1S/C14H23OSSi/c1-7-11-17(5,6)13-10-8-9-12(13)16(15)14(2,3)4/h7-10H,1,11H2,2-6H3/t16-/m0/s1. The zero-order chi connectivity index (χ0) is 13.3. The van der Waals surface area contributed by atoms with Gasteiger partial charge in [-0.05, 0) is 51.6 Å². The minimum Gasteiger partial charge on any atom is -0.258 e. The lowest BCUT2D eigenvalue weighted by Crippen LogP contribution is -2.40. The molecule has 0 amide bonds. The van der Waals surface area contributed by atoms with E-state index in [1.807, 2.05) is 39.7 Å². The molecule has 5 radical (unpaired) electrons. The van der Waals surface area contributed by atoms with Crippen LogP contribution in [0.15, 0.2) is 12.7 Å². The van der Waals surface area contributed by atoms with Gasteiger partial charge in [-0.25, -0.2) is 0 Å². The summed E-state index contributed by atoms with van der Waals surface area (Å²) in [5.74, 6) is 0. The monoisotopic (exact) mass is 267 g/mol. The van der Waals surface area contributed by atoms with Gasteiger partial charge < -0.3 is 0 Å². The van der Waals surface area contributed by atoms with Crippen LogP contribution in [0.5, 0.6) is 0 Å². The lowest BCUT2D eigenvalue weighted by molar-refractivity contribution is 0.651. The van der Waals surface area contributed by atoms with Crippen molar-refractivity contribution in [2.24, 2.45) is 0 Å². The number of allylic oxidation sites excluding steroid dienone is 1. The van der Waals surface area contributed by atoms with Gasteiger partial charge in [0, 0.05) is 15.5 Å². The highest BCUT2D eigenvalue weighted by Crippen LogP contribution is 2.45. The van der Waals surface area contributed by atoms with Gasteiger partial charge >= 0.3 is 0 Å². The zero-order valence-corrected chi connectivity index (χ0v) is 13.4. The van der Waals surface area contributed by atoms with Crippen molar-refractivity contribution in [1.29, 1.82) is 0 Å². The van der Waals surface area contributed by atoms with E-state index in [1.54, 1.807) is 0 Å². The maximum Gasteiger partial charge on any atom is 0.0714 e. The first-order valence-electron chi connectivity index (χ1n) is 5.99. The summed E-state index contributed by atoms with van der Waals surface area (Å²) in [7, 11) is -2.46. The highest BCUT2D eigenvalue weighted by Gasteiger charge is 2.46. The summed E-state index contributed by atoms with van der Waals surface area (Å²) in [5, 5.41) is 1.04. The fourth-order valence-electron chi connectivity index (χ4n) is 1.93. The van der Waals surface area contributed by atoms with Crippen LogP contribution in [0.25, 0.3) is 0 Å². The largest absolute Gasteiger partial charge is 0.258 e. The molecule has 0 aromatic heterocycles. The zero-order valence-electron chi connectivity index (χ0n) is 11.5. The summed E-state index contributed by atoms with van der Waals surface area (Å²) in [5.41, 5.74) is 1.32. The van der Waals surface area contributed by atoms with Crippen molar-refractivity contribution in [3.8, 4) is 0 Å². The fraction of sp³-hybridized carbons (Fsp3) is 0.500. The van der Waals surface area contributed by atoms with Crippen LogP contribution in [0, 0.1) is 30.1 Å². The molecule has 0 N–H and O–H groups in total. The summed E-state index contributed by atoms with van der Waals surface area (Å²) in [4.78, 5) is 0. The number of rotatable bonds is 4. The first-order chi connectivity index (χ1) is 7.70. The van der Waals surface area contributed by atoms with Crippen molar-refractivity contribution in [3.05, 3.63) is 42.7 Å². The Kier molecular flexibility index (Phi) is 4.81. The van der Waals surface area contributed by atoms with Crippen LogP contribution in [-0.2, 0) is 10.8 Å². The van der Waals surface area contributed by atoms with Crippen molar-refractivity contribution in [1.82, 2.24) is 0 Å². The van der Waals surface area contributed by atoms with Crippen LogP contribution in [0.1, 0.15) is 20.8 Å². The predicted octanol–water partition coefficient (Wildman–Crippen LogP) is 3.70. The molecule has 1 aliphatic rings. The average molecular weight is 267 g/mol. The van der Waals surface area contributed by atoms with E-state index in [4.69, 9.17) is 0 Å². The van der Waals surface area contributed by atoms with Crippen molar-refractivity contribution < 1.29 is 4.21 Å². The van der Waals surface area contributed by atoms with Gasteiger partial charge in [-0.1, -0.05) is 19.2 Å². The van der Waals surface area contributed by atoms with Gasteiger partial charge in [0.05, 0.1) is 13.3 Å². The third-order valence-electron chi connectivity index (χ3n) is 2.92. The quantitative estimate of drug-likeness (QED) is 0.561. The second-order valence-electron chi connectivity index (χ2n) is 6.06. The van der Waals surface area contributed by atoms with E-state index in [-0.39, 0.29) is 4.75 Å². The second-order valence-corrected chi connectivity index (χ2v) is 13.0. The normalized spacial score (nSPS) is 21.7. The molecular weight excluding hydrogens is 244 g/mol. The Hall–Kier alpha value is 0.107. The van der Waals surface area contributed by atoms with Crippen molar-refractivity contribution >= 4 is 18.9 Å². The van der Waals surface area contributed by atoms with Crippen LogP contribution < -0.4 is 0 Å². The molecular formula is C14H23OSSi. The van der Waals surface area contributed by atoms with Gasteiger partial charge in [0.15, 0.2) is 0 Å². The van der Waals surface area contributed by atoms with Gasteiger partial charge in [0.1, 0.15) is 0 Å². The minimum atomic E-state index is -1.52. The van der Waals surface area contributed by atoms with E-state index >= 15 is 0 Å². The molecule has 1 nitrogen and oxygen atoms in total. The molecule has 1 aliphatic carbocycles. The van der Waals surface area contributed by atoms with Gasteiger partial charge in [-0.15, -0.1) is 6.58 Å². The first-order valence-corrected chi connectivity index (χ1v) is 10.3. The highest BCUT2D eigenvalue weighted by atomic mass is 32.2. The van der Waals surface area contributed by atoms with Crippen LogP contribution in [0.2, 0.25) is 19.1 Å².